The van der Waals surface area contributed by atoms with E-state index in [9.17, 15) is 9.90 Å². The van der Waals surface area contributed by atoms with E-state index < -0.39 is 6.29 Å². The molecular weight excluding hydrogens is 408 g/mol. The lowest BCUT2D eigenvalue weighted by Gasteiger charge is -2.69. The lowest BCUT2D eigenvalue weighted by molar-refractivity contribution is -0.214. The molecule has 2 bridgehead atoms. The van der Waals surface area contributed by atoms with Crippen LogP contribution in [0.3, 0.4) is 0 Å². The molecule has 1 N–H and O–H groups in total. The average Bonchev–Trinajstić information content (AvgIpc) is 2.99. The standard InChI is InChI=1S/C30H46O3/c1-25(2)12-13-27(5)14-15-29(7)18(19(27)17-25)16-20-23-28(6)10-9-22(31)26(3,4)21(28)8-11-30(23,29)24(32)33-20/h16,19-21,23-24,32H,8-15,17H2,1-7H3/t19-,20-,21-,23+,24?,27+,28-,29+,30+/m0/s1. The highest BCUT2D eigenvalue weighted by Crippen LogP contribution is 2.78. The van der Waals surface area contributed by atoms with Crippen LogP contribution in [0.1, 0.15) is 106 Å². The Balaban J connectivity index is 1.51. The lowest BCUT2D eigenvalue weighted by Crippen LogP contribution is -2.67. The van der Waals surface area contributed by atoms with Gasteiger partial charge in [-0.3, -0.25) is 4.79 Å². The number of hydrogen-bond donors (Lipinski definition) is 1. The molecule has 9 atom stereocenters. The maximum atomic E-state index is 13.0. The Bertz CT molecular complexity index is 931. The zero-order chi connectivity index (χ0) is 23.8. The van der Waals surface area contributed by atoms with Gasteiger partial charge >= 0.3 is 0 Å². The van der Waals surface area contributed by atoms with Gasteiger partial charge in [0.1, 0.15) is 5.78 Å². The first-order chi connectivity index (χ1) is 15.2. The number of ether oxygens (including phenoxy) is 1. The second kappa shape index (κ2) is 6.36. The third-order valence-corrected chi connectivity index (χ3v) is 13.0. The number of carbonyl (C=O) groups is 1. The van der Waals surface area contributed by atoms with E-state index in [0.717, 1.165) is 19.3 Å². The molecule has 5 aliphatic carbocycles. The molecule has 1 aliphatic heterocycles. The number of allylic oxidation sites excluding steroid dienone is 1. The third-order valence-electron chi connectivity index (χ3n) is 13.0. The van der Waals surface area contributed by atoms with Crippen molar-refractivity contribution in [3.63, 3.8) is 0 Å². The SMILES string of the molecule is CC1(C)CC[C@]2(C)CC[C@]3(C)C(=C[C@@H]4OC(O)[C@]35CC[C@H]3C(C)(C)C(=O)CC[C@]3(C)[C@@H]45)[C@@H]2C1. The summed E-state index contributed by atoms with van der Waals surface area (Å²) in [5, 5.41) is 11.7. The van der Waals surface area contributed by atoms with Crippen LogP contribution < -0.4 is 0 Å². The largest absolute Gasteiger partial charge is 0.367 e. The summed E-state index contributed by atoms with van der Waals surface area (Å²) in [6, 6.07) is 0. The minimum absolute atomic E-state index is 0.00716. The van der Waals surface area contributed by atoms with Gasteiger partial charge in [0.25, 0.3) is 0 Å². The topological polar surface area (TPSA) is 46.5 Å². The molecule has 184 valence electrons. The molecular formula is C30H46O3. The van der Waals surface area contributed by atoms with Crippen molar-refractivity contribution in [2.24, 2.45) is 50.2 Å². The van der Waals surface area contributed by atoms with Crippen molar-refractivity contribution in [1.82, 2.24) is 0 Å². The minimum Gasteiger partial charge on any atom is -0.367 e. The summed E-state index contributed by atoms with van der Waals surface area (Å²) in [7, 11) is 0. The van der Waals surface area contributed by atoms with Crippen molar-refractivity contribution in [3.8, 4) is 0 Å². The Kier molecular flexibility index (Phi) is 4.39. The minimum atomic E-state index is -0.689. The van der Waals surface area contributed by atoms with Crippen LogP contribution in [0.25, 0.3) is 0 Å². The monoisotopic (exact) mass is 454 g/mol. The summed E-state index contributed by atoms with van der Waals surface area (Å²) in [6.45, 7) is 16.8. The first-order valence-corrected chi connectivity index (χ1v) is 13.8. The van der Waals surface area contributed by atoms with E-state index in [1.165, 1.54) is 32.1 Å². The van der Waals surface area contributed by atoms with Gasteiger partial charge in [0.15, 0.2) is 6.29 Å². The van der Waals surface area contributed by atoms with Gasteiger partial charge in [0, 0.05) is 23.2 Å². The lowest BCUT2D eigenvalue weighted by atomic mass is 9.33. The number of rotatable bonds is 0. The number of Topliss-reactive ketones (excluding diaryl/α,β-unsaturated/α-hetero) is 1. The Morgan fingerprint density at radius 3 is 2.36 bits per heavy atom. The van der Waals surface area contributed by atoms with Crippen molar-refractivity contribution < 1.29 is 14.6 Å². The Morgan fingerprint density at radius 2 is 1.64 bits per heavy atom. The highest BCUT2D eigenvalue weighted by atomic mass is 16.6. The number of carbonyl (C=O) groups excluding carboxylic acids is 1. The molecule has 0 aromatic heterocycles. The van der Waals surface area contributed by atoms with Crippen molar-refractivity contribution in [2.45, 2.75) is 119 Å². The van der Waals surface area contributed by atoms with Gasteiger partial charge in [-0.1, -0.05) is 60.1 Å². The van der Waals surface area contributed by atoms with Crippen LogP contribution in [0.5, 0.6) is 0 Å². The first kappa shape index (κ1) is 22.8. The smallest absolute Gasteiger partial charge is 0.162 e. The van der Waals surface area contributed by atoms with Crippen LogP contribution in [-0.2, 0) is 9.53 Å². The normalized spacial score (nSPS) is 56.2. The molecule has 0 radical (unpaired) electrons. The summed E-state index contributed by atoms with van der Waals surface area (Å²) in [5.74, 6) is 1.72. The van der Waals surface area contributed by atoms with Gasteiger partial charge in [-0.05, 0) is 84.9 Å². The fourth-order valence-corrected chi connectivity index (χ4v) is 10.9. The molecule has 3 nitrogen and oxygen atoms in total. The summed E-state index contributed by atoms with van der Waals surface area (Å²) < 4.78 is 6.55. The zero-order valence-electron chi connectivity index (χ0n) is 22.1. The van der Waals surface area contributed by atoms with E-state index in [-0.39, 0.29) is 27.8 Å². The van der Waals surface area contributed by atoms with Crippen molar-refractivity contribution in [1.29, 1.82) is 0 Å². The van der Waals surface area contributed by atoms with Crippen molar-refractivity contribution >= 4 is 5.78 Å². The van der Waals surface area contributed by atoms with Gasteiger partial charge in [-0.15, -0.1) is 0 Å². The molecule has 0 aromatic rings. The quantitative estimate of drug-likeness (QED) is 0.415. The van der Waals surface area contributed by atoms with E-state index in [2.05, 4.69) is 54.5 Å². The first-order valence-electron chi connectivity index (χ1n) is 13.8. The maximum Gasteiger partial charge on any atom is 0.162 e. The molecule has 6 rings (SSSR count). The summed E-state index contributed by atoms with van der Waals surface area (Å²) in [4.78, 5) is 13.0. The number of aliphatic hydroxyl groups excluding tert-OH is 1. The molecule has 5 fully saturated rings. The zero-order valence-corrected chi connectivity index (χ0v) is 22.1. The number of aliphatic hydroxyl groups is 1. The van der Waals surface area contributed by atoms with Crippen LogP contribution in [0.2, 0.25) is 0 Å². The predicted molar refractivity (Wildman–Crippen MR) is 130 cm³/mol. The van der Waals surface area contributed by atoms with E-state index in [4.69, 9.17) is 4.74 Å². The number of hydrogen-bond acceptors (Lipinski definition) is 3. The number of ketones is 1. The van der Waals surface area contributed by atoms with E-state index in [1.807, 2.05) is 0 Å². The van der Waals surface area contributed by atoms with Crippen LogP contribution in [-0.4, -0.2) is 23.3 Å². The molecule has 0 spiro atoms. The van der Waals surface area contributed by atoms with Gasteiger partial charge in [-0.25, -0.2) is 0 Å². The Hall–Kier alpha value is -0.670. The number of fused-ring (bicyclic) bond motifs is 4. The van der Waals surface area contributed by atoms with Crippen LogP contribution >= 0.6 is 0 Å². The van der Waals surface area contributed by atoms with Crippen LogP contribution in [0, 0.1) is 50.2 Å². The third kappa shape index (κ3) is 2.52. The van der Waals surface area contributed by atoms with Gasteiger partial charge in [-0.2, -0.15) is 0 Å². The molecule has 0 aromatic carbocycles. The average molecular weight is 455 g/mol. The summed E-state index contributed by atoms with van der Waals surface area (Å²) >= 11 is 0. The molecule has 4 saturated carbocycles. The molecule has 3 heteroatoms. The van der Waals surface area contributed by atoms with Crippen LogP contribution in [0.15, 0.2) is 11.6 Å². The molecule has 1 heterocycles. The second-order valence-electron chi connectivity index (χ2n) is 15.2. The Morgan fingerprint density at radius 1 is 0.939 bits per heavy atom. The summed E-state index contributed by atoms with van der Waals surface area (Å²) in [6.07, 6.45) is 11.8. The van der Waals surface area contributed by atoms with Crippen molar-refractivity contribution in [2.75, 3.05) is 0 Å². The Labute approximate surface area is 201 Å². The predicted octanol–water partition coefficient (Wildman–Crippen LogP) is 6.68. The molecule has 33 heavy (non-hydrogen) atoms. The second-order valence-corrected chi connectivity index (χ2v) is 15.2. The molecule has 1 saturated heterocycles. The fourth-order valence-electron chi connectivity index (χ4n) is 10.9. The van der Waals surface area contributed by atoms with Crippen LogP contribution in [0.4, 0.5) is 0 Å². The van der Waals surface area contributed by atoms with E-state index in [1.54, 1.807) is 5.57 Å². The van der Waals surface area contributed by atoms with E-state index in [0.29, 0.717) is 40.8 Å². The highest BCUT2D eigenvalue weighted by molar-refractivity contribution is 5.85. The highest BCUT2D eigenvalue weighted by Gasteiger charge is 2.76. The van der Waals surface area contributed by atoms with E-state index >= 15 is 0 Å². The van der Waals surface area contributed by atoms with Crippen molar-refractivity contribution in [3.05, 3.63) is 11.6 Å². The molecule has 1 unspecified atom stereocenters. The summed E-state index contributed by atoms with van der Waals surface area (Å²) in [5.41, 5.74) is 1.93. The van der Waals surface area contributed by atoms with Gasteiger partial charge in [0.2, 0.25) is 0 Å². The fraction of sp³-hybridized carbons (Fsp3) is 0.900. The van der Waals surface area contributed by atoms with Gasteiger partial charge in [0.05, 0.1) is 6.10 Å². The molecule has 0 amide bonds. The maximum absolute atomic E-state index is 13.0. The molecule has 6 aliphatic rings. The van der Waals surface area contributed by atoms with Gasteiger partial charge < -0.3 is 9.84 Å².